The zero-order valence-electron chi connectivity index (χ0n) is 14.7. The summed E-state index contributed by atoms with van der Waals surface area (Å²) in [5, 5.41) is 0.437. The van der Waals surface area contributed by atoms with Gasteiger partial charge in [0.1, 0.15) is 12.0 Å². The van der Waals surface area contributed by atoms with Crippen LogP contribution in [0.4, 0.5) is 17.3 Å². The number of nitrogens with two attached hydrogens (primary N) is 1. The number of benzene rings is 2. The molecule has 3 rings (SSSR count). The summed E-state index contributed by atoms with van der Waals surface area (Å²) in [4.78, 5) is 32.3. The predicted octanol–water partition coefficient (Wildman–Crippen LogP) is 2.99. The maximum absolute atomic E-state index is 12.2. The highest BCUT2D eigenvalue weighted by molar-refractivity contribution is 9.10. The van der Waals surface area contributed by atoms with Crippen LogP contribution in [0.2, 0.25) is 5.02 Å². The van der Waals surface area contributed by atoms with E-state index in [0.717, 1.165) is 4.47 Å². The number of rotatable bonds is 6. The minimum atomic E-state index is -0.427. The van der Waals surface area contributed by atoms with E-state index in [9.17, 15) is 9.59 Å². The van der Waals surface area contributed by atoms with Crippen molar-refractivity contribution >= 4 is 56.7 Å². The zero-order valence-corrected chi connectivity index (χ0v) is 17.1. The molecule has 0 aliphatic heterocycles. The van der Waals surface area contributed by atoms with Gasteiger partial charge in [0.15, 0.2) is 11.6 Å². The maximum atomic E-state index is 12.2. The van der Waals surface area contributed by atoms with Crippen LogP contribution < -0.4 is 27.4 Å². The number of aromatic nitrogens is 2. The van der Waals surface area contributed by atoms with Gasteiger partial charge >= 0.3 is 0 Å². The molecule has 0 atom stereocenters. The number of hydrazine groups is 2. The summed E-state index contributed by atoms with van der Waals surface area (Å²) in [6.45, 7) is 0. The monoisotopic (exact) mass is 475 g/mol. The van der Waals surface area contributed by atoms with Gasteiger partial charge in [-0.3, -0.25) is 31.3 Å². The third-order valence-electron chi connectivity index (χ3n) is 3.67. The number of halogens is 2. The molecule has 2 amide bonds. The van der Waals surface area contributed by atoms with Crippen molar-refractivity contribution in [2.24, 2.45) is 0 Å². The van der Waals surface area contributed by atoms with E-state index in [4.69, 9.17) is 17.3 Å². The fourth-order valence-electron chi connectivity index (χ4n) is 2.20. The summed E-state index contributed by atoms with van der Waals surface area (Å²) in [5.74, 6) is -0.497. The molecule has 0 radical (unpaired) electrons. The van der Waals surface area contributed by atoms with Crippen LogP contribution in [0.5, 0.6) is 0 Å². The van der Waals surface area contributed by atoms with E-state index in [-0.39, 0.29) is 23.2 Å². The Morgan fingerprint density at radius 1 is 0.897 bits per heavy atom. The summed E-state index contributed by atoms with van der Waals surface area (Å²) in [6.07, 6.45) is 1.22. The van der Waals surface area contributed by atoms with Crippen LogP contribution in [0, 0.1) is 0 Å². The van der Waals surface area contributed by atoms with Crippen molar-refractivity contribution in [3.8, 4) is 0 Å². The molecule has 0 fully saturated rings. The first-order valence-electron chi connectivity index (χ1n) is 8.18. The Morgan fingerprint density at radius 3 is 2.07 bits per heavy atom. The molecule has 9 nitrogen and oxygen atoms in total. The first-order valence-corrected chi connectivity index (χ1v) is 9.35. The molecule has 0 spiro atoms. The summed E-state index contributed by atoms with van der Waals surface area (Å²) in [5.41, 5.74) is 17.1. The molecule has 1 aromatic heterocycles. The Kier molecular flexibility index (Phi) is 6.47. The molecule has 0 aliphatic carbocycles. The van der Waals surface area contributed by atoms with Gasteiger partial charge in [-0.2, -0.15) is 0 Å². The topological polar surface area (TPSA) is 134 Å². The Hall–Kier alpha value is -3.37. The van der Waals surface area contributed by atoms with Gasteiger partial charge in [0.05, 0.1) is 0 Å². The van der Waals surface area contributed by atoms with Crippen LogP contribution in [0.25, 0.3) is 0 Å². The number of carbonyl (C=O) groups excluding carboxylic acids is 2. The van der Waals surface area contributed by atoms with Crippen LogP contribution in [0.15, 0.2) is 59.3 Å². The first kappa shape index (κ1) is 20.4. The Morgan fingerprint density at radius 2 is 1.48 bits per heavy atom. The number of carbonyl (C=O) groups is 2. The number of amides is 2. The molecule has 6 N–H and O–H groups in total. The third kappa shape index (κ3) is 5.33. The van der Waals surface area contributed by atoms with E-state index in [1.807, 2.05) is 0 Å². The number of nitrogens with zero attached hydrogens (tertiary/aromatic N) is 2. The molecule has 0 unspecified atom stereocenters. The van der Waals surface area contributed by atoms with Gasteiger partial charge in [0.2, 0.25) is 0 Å². The normalized spacial score (nSPS) is 10.1. The quantitative estimate of drug-likeness (QED) is 0.345. The number of nitrogens with one attached hydrogen (secondary N) is 4. The fraction of sp³-hybridized carbons (Fsp3) is 0. The molecule has 0 aliphatic rings. The number of nitrogen functional groups attached to an aromatic ring is 1. The lowest BCUT2D eigenvalue weighted by molar-refractivity contribution is 0.0954. The van der Waals surface area contributed by atoms with Crippen LogP contribution >= 0.6 is 27.5 Å². The van der Waals surface area contributed by atoms with Gasteiger partial charge in [0.25, 0.3) is 11.8 Å². The average Bonchev–Trinajstić information content (AvgIpc) is 2.72. The largest absolute Gasteiger partial charge is 0.393 e. The summed E-state index contributed by atoms with van der Waals surface area (Å²) in [7, 11) is 0. The van der Waals surface area contributed by atoms with E-state index in [2.05, 4.69) is 47.6 Å². The van der Waals surface area contributed by atoms with Crippen LogP contribution in [-0.2, 0) is 0 Å². The third-order valence-corrected chi connectivity index (χ3v) is 4.43. The van der Waals surface area contributed by atoms with Crippen molar-refractivity contribution in [1.29, 1.82) is 0 Å². The molecule has 0 bridgehead atoms. The average molecular weight is 477 g/mol. The van der Waals surface area contributed by atoms with Crippen molar-refractivity contribution in [1.82, 2.24) is 20.8 Å². The Balaban J connectivity index is 1.62. The van der Waals surface area contributed by atoms with E-state index in [1.54, 1.807) is 42.5 Å². The van der Waals surface area contributed by atoms with Gasteiger partial charge in [0, 0.05) is 20.6 Å². The number of anilines is 3. The molecule has 0 saturated heterocycles. The zero-order chi connectivity index (χ0) is 20.8. The molecule has 3 aromatic rings. The summed E-state index contributed by atoms with van der Waals surface area (Å²) >= 11 is 9.18. The molecular formula is C18H15BrClN7O2. The molecule has 11 heteroatoms. The van der Waals surface area contributed by atoms with Gasteiger partial charge in [-0.25, -0.2) is 9.97 Å². The molecule has 29 heavy (non-hydrogen) atoms. The van der Waals surface area contributed by atoms with Gasteiger partial charge in [-0.1, -0.05) is 33.6 Å². The van der Waals surface area contributed by atoms with Crippen molar-refractivity contribution in [3.05, 3.63) is 75.5 Å². The van der Waals surface area contributed by atoms with Gasteiger partial charge < -0.3 is 5.73 Å². The summed E-state index contributed by atoms with van der Waals surface area (Å²) in [6, 6.07) is 13.3. The van der Waals surface area contributed by atoms with Crippen LogP contribution in [-0.4, -0.2) is 21.8 Å². The lowest BCUT2D eigenvalue weighted by Crippen LogP contribution is -2.32. The maximum Gasteiger partial charge on any atom is 0.269 e. The minimum absolute atomic E-state index is 0.0926. The second-order valence-corrected chi connectivity index (χ2v) is 7.01. The van der Waals surface area contributed by atoms with E-state index >= 15 is 0 Å². The van der Waals surface area contributed by atoms with Crippen LogP contribution in [0.1, 0.15) is 20.7 Å². The second kappa shape index (κ2) is 9.22. The standard InChI is InChI=1S/C18H15BrClN7O2/c19-12-6-4-10(5-7-12)17(28)26-24-15-14(21)16(23-9-22-15)25-27-18(29)11-2-1-3-13(20)8-11/h1-9H,21H2,(H,26,28)(H,27,29)(H2,22,23,24,25). The lowest BCUT2D eigenvalue weighted by Gasteiger charge is -2.13. The molecular weight excluding hydrogens is 462 g/mol. The first-order chi connectivity index (χ1) is 13.9. The Labute approximate surface area is 179 Å². The highest BCUT2D eigenvalue weighted by atomic mass is 79.9. The highest BCUT2D eigenvalue weighted by Crippen LogP contribution is 2.21. The molecule has 0 saturated carbocycles. The van der Waals surface area contributed by atoms with Crippen molar-refractivity contribution in [3.63, 3.8) is 0 Å². The van der Waals surface area contributed by atoms with E-state index in [0.29, 0.717) is 16.1 Å². The van der Waals surface area contributed by atoms with E-state index < -0.39 is 5.91 Å². The van der Waals surface area contributed by atoms with Gasteiger partial charge in [-0.15, -0.1) is 0 Å². The Bertz CT molecular complexity index is 1050. The summed E-state index contributed by atoms with van der Waals surface area (Å²) < 4.78 is 0.859. The van der Waals surface area contributed by atoms with Crippen molar-refractivity contribution < 1.29 is 9.59 Å². The molecule has 2 aromatic carbocycles. The highest BCUT2D eigenvalue weighted by Gasteiger charge is 2.12. The number of hydrogen-bond donors (Lipinski definition) is 5. The fourth-order valence-corrected chi connectivity index (χ4v) is 2.66. The smallest absolute Gasteiger partial charge is 0.269 e. The van der Waals surface area contributed by atoms with Gasteiger partial charge in [-0.05, 0) is 42.5 Å². The van der Waals surface area contributed by atoms with E-state index in [1.165, 1.54) is 12.4 Å². The van der Waals surface area contributed by atoms with Crippen molar-refractivity contribution in [2.75, 3.05) is 16.6 Å². The van der Waals surface area contributed by atoms with Crippen molar-refractivity contribution in [2.45, 2.75) is 0 Å². The lowest BCUT2D eigenvalue weighted by atomic mass is 10.2. The molecule has 1 heterocycles. The van der Waals surface area contributed by atoms with Crippen LogP contribution in [0.3, 0.4) is 0 Å². The minimum Gasteiger partial charge on any atom is -0.393 e. The predicted molar refractivity (Wildman–Crippen MR) is 114 cm³/mol. The molecule has 148 valence electrons. The SMILES string of the molecule is Nc1c(NNC(=O)c2ccc(Br)cc2)ncnc1NNC(=O)c1cccc(Cl)c1. The second-order valence-electron chi connectivity index (χ2n) is 5.66. The number of hydrogen-bond acceptors (Lipinski definition) is 7.